The van der Waals surface area contributed by atoms with E-state index in [0.29, 0.717) is 0 Å². The van der Waals surface area contributed by atoms with Crippen LogP contribution in [-0.4, -0.2) is 172 Å². The molecular formula is C37H42N6O15. The number of Topliss-reactive ketones (excluding diaryl/α,β-unsaturated/α-hetero) is 1. The minimum absolute atomic E-state index is 0.00657. The van der Waals surface area contributed by atoms with Crippen LogP contribution in [0.3, 0.4) is 0 Å². The van der Waals surface area contributed by atoms with E-state index in [1.54, 1.807) is 0 Å². The molecule has 21 heteroatoms. The minimum Gasteiger partial charge on any atom is -0.481 e. The van der Waals surface area contributed by atoms with Crippen molar-refractivity contribution in [3.8, 4) is 0 Å². The summed E-state index contributed by atoms with van der Waals surface area (Å²) < 4.78 is 11.4. The lowest BCUT2D eigenvalue weighted by atomic mass is 10.2. The monoisotopic (exact) mass is 810 g/mol. The van der Waals surface area contributed by atoms with Crippen molar-refractivity contribution in [3.63, 3.8) is 0 Å². The molecule has 0 saturated heterocycles. The van der Waals surface area contributed by atoms with Crippen LogP contribution in [0.25, 0.3) is 0 Å². The second kappa shape index (κ2) is 21.2. The van der Waals surface area contributed by atoms with Gasteiger partial charge in [-0.3, -0.25) is 77.1 Å². The number of hydrogen-bond acceptors (Lipinski definition) is 14. The van der Waals surface area contributed by atoms with Crippen LogP contribution in [0.4, 0.5) is 0 Å². The first-order valence-corrected chi connectivity index (χ1v) is 18.3. The first-order chi connectivity index (χ1) is 27.6. The first-order valence-electron chi connectivity index (χ1n) is 18.3. The highest BCUT2D eigenvalue weighted by Gasteiger charge is 2.31. The van der Waals surface area contributed by atoms with Crippen molar-refractivity contribution in [2.75, 3.05) is 59.0 Å². The second-order valence-electron chi connectivity index (χ2n) is 13.3. The Bertz CT molecular complexity index is 1660. The van der Waals surface area contributed by atoms with Gasteiger partial charge in [-0.25, -0.2) is 0 Å². The van der Waals surface area contributed by atoms with E-state index >= 15 is 0 Å². The Morgan fingerprint density at radius 1 is 0.569 bits per heavy atom. The number of carboxylic acids is 1. The van der Waals surface area contributed by atoms with Gasteiger partial charge in [-0.2, -0.15) is 0 Å². The molecule has 2 N–H and O–H groups in total. The summed E-state index contributed by atoms with van der Waals surface area (Å²) in [6.45, 7) is -1.92. The minimum atomic E-state index is -1.21. The van der Waals surface area contributed by atoms with Crippen molar-refractivity contribution < 1.29 is 72.1 Å². The lowest BCUT2D eigenvalue weighted by molar-refractivity contribution is -0.142. The molecule has 0 bridgehead atoms. The molecule has 0 fully saturated rings. The van der Waals surface area contributed by atoms with E-state index in [-0.39, 0.29) is 77.9 Å². The zero-order chi connectivity index (χ0) is 42.4. The summed E-state index contributed by atoms with van der Waals surface area (Å²) in [4.78, 5) is 151. The predicted octanol–water partition coefficient (Wildman–Crippen LogP) is -2.60. The number of hydrogen-bond donors (Lipinski definition) is 2. The van der Waals surface area contributed by atoms with Crippen LogP contribution >= 0.6 is 0 Å². The van der Waals surface area contributed by atoms with Crippen molar-refractivity contribution in [1.82, 2.24) is 29.8 Å². The molecule has 4 aliphatic heterocycles. The third-order valence-corrected chi connectivity index (χ3v) is 9.15. The number of amides is 10. The quantitative estimate of drug-likeness (QED) is 0.0848. The molecule has 0 aromatic heterocycles. The number of nitrogens with one attached hydrogen (secondary N) is 1. The molecule has 10 amide bonds. The third-order valence-electron chi connectivity index (χ3n) is 9.15. The van der Waals surface area contributed by atoms with Crippen LogP contribution in [0.5, 0.6) is 0 Å². The second-order valence-corrected chi connectivity index (χ2v) is 13.3. The maximum Gasteiger partial charge on any atom is 0.303 e. The molecule has 4 aliphatic rings. The molecule has 0 aromatic carbocycles. The average molecular weight is 811 g/mol. The zero-order valence-electron chi connectivity index (χ0n) is 31.3. The van der Waals surface area contributed by atoms with Crippen molar-refractivity contribution in [1.29, 1.82) is 0 Å². The Balaban J connectivity index is 1.25. The summed E-state index contributed by atoms with van der Waals surface area (Å²) in [5.41, 5.74) is 0. The summed E-state index contributed by atoms with van der Waals surface area (Å²) in [7, 11) is 0. The highest BCUT2D eigenvalue weighted by molar-refractivity contribution is 6.14. The highest BCUT2D eigenvalue weighted by Crippen LogP contribution is 2.14. The number of carbonyl (C=O) groups is 12. The van der Waals surface area contributed by atoms with Crippen LogP contribution in [0, 0.1) is 0 Å². The molecule has 0 spiro atoms. The number of ether oxygens (including phenoxy) is 2. The van der Waals surface area contributed by atoms with Crippen molar-refractivity contribution >= 4 is 70.8 Å². The molecule has 0 aliphatic carbocycles. The van der Waals surface area contributed by atoms with Gasteiger partial charge >= 0.3 is 5.97 Å². The predicted molar refractivity (Wildman–Crippen MR) is 193 cm³/mol. The smallest absolute Gasteiger partial charge is 0.303 e. The Hall–Kier alpha value is -6.48. The fourth-order valence-electron chi connectivity index (χ4n) is 5.99. The standard InChI is InChI=1S/C37H42N6O15/c44-24(22-57-25(20-42-33(51)7-8-34(42)52)13-17-40-29(47)3-4-30(40)48)2-1-16-39(28(46)11-12-37(55)56)19-15-38-27(45)23-58-26(21-43-35(53)9-10-36(43)54)14-18-41-31(49)5-6-32(41)50/h3-10,25-26H,1-2,11-23H2,(H,38,45)(H,55,56). The van der Waals surface area contributed by atoms with Crippen LogP contribution in [-0.2, 0) is 67.0 Å². The molecule has 0 radical (unpaired) electrons. The number of rotatable bonds is 26. The van der Waals surface area contributed by atoms with E-state index in [9.17, 15) is 57.5 Å². The number of carbonyl (C=O) groups excluding carboxylic acids is 11. The maximum atomic E-state index is 12.9. The molecule has 4 heterocycles. The summed E-state index contributed by atoms with van der Waals surface area (Å²) in [5, 5.41) is 11.6. The number of imide groups is 4. The SMILES string of the molecule is O=C(O)CCC(=O)N(CCCC(=O)COC(CCN1C(=O)C=CC1=O)CN1C(=O)C=CC1=O)CCNC(=O)COC(CCN1C(=O)C=CC1=O)CN1C(=O)C=CC1=O. The van der Waals surface area contributed by atoms with Gasteiger partial charge in [0, 0.05) is 94.2 Å². The molecule has 2 unspecified atom stereocenters. The Kier molecular flexibility index (Phi) is 16.1. The summed E-state index contributed by atoms with van der Waals surface area (Å²) >= 11 is 0. The van der Waals surface area contributed by atoms with Gasteiger partial charge < -0.3 is 24.8 Å². The topological polar surface area (TPSA) is 272 Å². The van der Waals surface area contributed by atoms with Gasteiger partial charge in [0.25, 0.3) is 47.3 Å². The first kappa shape index (κ1) is 44.2. The molecule has 58 heavy (non-hydrogen) atoms. The lowest BCUT2D eigenvalue weighted by Gasteiger charge is -2.25. The summed E-state index contributed by atoms with van der Waals surface area (Å²) in [5.74, 6) is -7.38. The van der Waals surface area contributed by atoms with E-state index in [4.69, 9.17) is 14.6 Å². The van der Waals surface area contributed by atoms with Gasteiger partial charge in [0.1, 0.15) is 13.2 Å². The van der Waals surface area contributed by atoms with E-state index in [0.717, 1.165) is 68.2 Å². The molecule has 0 aromatic rings. The van der Waals surface area contributed by atoms with E-state index in [1.807, 2.05) is 0 Å². The van der Waals surface area contributed by atoms with Crippen LogP contribution in [0.1, 0.15) is 38.5 Å². The fraction of sp³-hybridized carbons (Fsp3) is 0.459. The molecule has 4 rings (SSSR count). The van der Waals surface area contributed by atoms with Crippen LogP contribution in [0.2, 0.25) is 0 Å². The van der Waals surface area contributed by atoms with Crippen molar-refractivity contribution in [2.24, 2.45) is 0 Å². The Morgan fingerprint density at radius 3 is 1.41 bits per heavy atom. The average Bonchev–Trinajstić information content (AvgIpc) is 3.90. The highest BCUT2D eigenvalue weighted by atomic mass is 16.5. The van der Waals surface area contributed by atoms with E-state index in [1.165, 1.54) is 4.90 Å². The van der Waals surface area contributed by atoms with Gasteiger partial charge in [0.2, 0.25) is 11.8 Å². The number of carboxylic acid groups (broad SMARTS) is 1. The molecule has 21 nitrogen and oxygen atoms in total. The van der Waals surface area contributed by atoms with E-state index in [2.05, 4.69) is 5.32 Å². The lowest BCUT2D eigenvalue weighted by Crippen LogP contribution is -2.43. The van der Waals surface area contributed by atoms with E-state index < -0.39 is 103 Å². The zero-order valence-corrected chi connectivity index (χ0v) is 31.3. The van der Waals surface area contributed by atoms with Gasteiger partial charge in [0.15, 0.2) is 5.78 Å². The molecule has 310 valence electrons. The van der Waals surface area contributed by atoms with Gasteiger partial charge in [-0.1, -0.05) is 0 Å². The number of ketones is 1. The number of nitrogens with zero attached hydrogens (tertiary/aromatic N) is 5. The molecule has 2 atom stereocenters. The maximum absolute atomic E-state index is 12.9. The van der Waals surface area contributed by atoms with Crippen molar-refractivity contribution in [3.05, 3.63) is 48.6 Å². The van der Waals surface area contributed by atoms with Gasteiger partial charge in [-0.05, 0) is 19.3 Å². The fourth-order valence-corrected chi connectivity index (χ4v) is 5.99. The largest absolute Gasteiger partial charge is 0.481 e. The van der Waals surface area contributed by atoms with Crippen molar-refractivity contribution in [2.45, 2.75) is 50.7 Å². The molecular weight excluding hydrogens is 768 g/mol. The van der Waals surface area contributed by atoms with Gasteiger partial charge in [-0.15, -0.1) is 0 Å². The third kappa shape index (κ3) is 13.0. The Labute approximate surface area is 330 Å². The Morgan fingerprint density at radius 2 is 0.983 bits per heavy atom. The summed E-state index contributed by atoms with van der Waals surface area (Å²) in [6.07, 6.45) is 6.04. The molecule has 0 saturated carbocycles. The van der Waals surface area contributed by atoms with Crippen LogP contribution in [0.15, 0.2) is 48.6 Å². The summed E-state index contributed by atoms with van der Waals surface area (Å²) in [6, 6.07) is 0. The van der Waals surface area contributed by atoms with Crippen LogP contribution < -0.4 is 5.32 Å². The normalized spacial score (nSPS) is 17.2. The number of aliphatic carboxylic acids is 1. The van der Waals surface area contributed by atoms with Gasteiger partial charge in [0.05, 0.1) is 31.7 Å².